The first-order chi connectivity index (χ1) is 5.11. The van der Waals surface area contributed by atoms with Crippen molar-refractivity contribution in [2.75, 3.05) is 14.2 Å². The summed E-state index contributed by atoms with van der Waals surface area (Å²) >= 11 is 0. The maximum Gasteiger partial charge on any atom is 0.250 e. The third-order valence-corrected chi connectivity index (χ3v) is 1.06. The van der Waals surface area contributed by atoms with Crippen LogP contribution in [-0.2, 0) is 14.3 Å². The highest BCUT2D eigenvalue weighted by Gasteiger charge is 2.08. The minimum absolute atomic E-state index is 0.279. The lowest BCUT2D eigenvalue weighted by molar-refractivity contribution is -0.145. The van der Waals surface area contributed by atoms with E-state index in [1.807, 2.05) is 0 Å². The van der Waals surface area contributed by atoms with Gasteiger partial charge < -0.3 is 14.8 Å². The van der Waals surface area contributed by atoms with Gasteiger partial charge in [-0.3, -0.25) is 4.79 Å². The molecule has 0 bridgehead atoms. The summed E-state index contributed by atoms with van der Waals surface area (Å²) in [4.78, 5) is 10.9. The van der Waals surface area contributed by atoms with Crippen LogP contribution in [0.1, 0.15) is 6.92 Å². The van der Waals surface area contributed by atoms with Crippen molar-refractivity contribution >= 4 is 5.91 Å². The summed E-state index contributed by atoms with van der Waals surface area (Å²) in [6.07, 6.45) is -0.695. The van der Waals surface area contributed by atoms with Crippen LogP contribution in [-0.4, -0.2) is 26.5 Å². The van der Waals surface area contributed by atoms with Gasteiger partial charge in [-0.25, -0.2) is 0 Å². The molecule has 0 saturated carbocycles. The Morgan fingerprint density at radius 2 is 1.91 bits per heavy atom. The van der Waals surface area contributed by atoms with Crippen molar-refractivity contribution in [3.8, 4) is 0 Å². The summed E-state index contributed by atoms with van der Waals surface area (Å²) in [5.41, 5.74) is 0.420. The zero-order valence-electron chi connectivity index (χ0n) is 7.01. The molecule has 0 aliphatic rings. The largest absolute Gasteiger partial charge is 0.339 e. The first-order valence-electron chi connectivity index (χ1n) is 3.13. The van der Waals surface area contributed by atoms with Crippen molar-refractivity contribution in [3.05, 3.63) is 12.2 Å². The normalized spacial score (nSPS) is 9.82. The van der Waals surface area contributed by atoms with Crippen molar-refractivity contribution in [3.63, 3.8) is 0 Å². The van der Waals surface area contributed by atoms with Crippen LogP contribution < -0.4 is 5.32 Å². The minimum Gasteiger partial charge on any atom is -0.339 e. The molecule has 0 aliphatic carbocycles. The number of amides is 1. The zero-order chi connectivity index (χ0) is 8.85. The van der Waals surface area contributed by atoms with Gasteiger partial charge in [0.2, 0.25) is 12.3 Å². The number of hydrogen-bond acceptors (Lipinski definition) is 3. The molecule has 1 N–H and O–H groups in total. The molecule has 0 atom stereocenters. The number of methoxy groups -OCH3 is 2. The molecule has 0 aliphatic heterocycles. The fraction of sp³-hybridized carbons (Fsp3) is 0.571. The molecule has 64 valence electrons. The van der Waals surface area contributed by atoms with Crippen LogP contribution >= 0.6 is 0 Å². The van der Waals surface area contributed by atoms with Crippen molar-refractivity contribution in [2.24, 2.45) is 0 Å². The number of rotatable bonds is 4. The Labute approximate surface area is 66.2 Å². The lowest BCUT2D eigenvalue weighted by Crippen LogP contribution is -2.37. The van der Waals surface area contributed by atoms with Gasteiger partial charge in [-0.15, -0.1) is 0 Å². The molecular formula is C7H13NO3. The van der Waals surface area contributed by atoms with E-state index in [0.29, 0.717) is 5.57 Å². The van der Waals surface area contributed by atoms with Gasteiger partial charge in [-0.2, -0.15) is 0 Å². The van der Waals surface area contributed by atoms with Crippen LogP contribution in [0.2, 0.25) is 0 Å². The lowest BCUT2D eigenvalue weighted by Gasteiger charge is -2.14. The molecule has 0 aromatic carbocycles. The fourth-order valence-corrected chi connectivity index (χ4v) is 0.444. The van der Waals surface area contributed by atoms with Gasteiger partial charge in [0, 0.05) is 19.8 Å². The summed E-state index contributed by atoms with van der Waals surface area (Å²) < 4.78 is 9.45. The first-order valence-corrected chi connectivity index (χ1v) is 3.13. The maximum absolute atomic E-state index is 10.9. The van der Waals surface area contributed by atoms with Crippen LogP contribution in [0.5, 0.6) is 0 Å². The number of hydrogen-bond donors (Lipinski definition) is 1. The SMILES string of the molecule is C=C(C)C(=O)NC(OC)OC. The monoisotopic (exact) mass is 159 g/mol. The van der Waals surface area contributed by atoms with Crippen molar-refractivity contribution in [1.29, 1.82) is 0 Å². The molecule has 0 aromatic heterocycles. The summed E-state index contributed by atoms with van der Waals surface area (Å²) in [5, 5.41) is 2.43. The second-order valence-electron chi connectivity index (χ2n) is 2.06. The van der Waals surface area contributed by atoms with E-state index in [1.165, 1.54) is 14.2 Å². The van der Waals surface area contributed by atoms with Crippen molar-refractivity contribution < 1.29 is 14.3 Å². The van der Waals surface area contributed by atoms with Gasteiger partial charge in [0.1, 0.15) is 0 Å². The Bertz CT molecular complexity index is 152. The average Bonchev–Trinajstić information content (AvgIpc) is 1.99. The molecule has 0 fully saturated rings. The van der Waals surface area contributed by atoms with E-state index in [4.69, 9.17) is 9.47 Å². The van der Waals surface area contributed by atoms with Crippen molar-refractivity contribution in [2.45, 2.75) is 13.3 Å². The van der Waals surface area contributed by atoms with Crippen LogP contribution in [0.25, 0.3) is 0 Å². The predicted octanol–water partition coefficient (Wildman–Crippen LogP) is 0.255. The van der Waals surface area contributed by atoms with Crippen LogP contribution in [0.15, 0.2) is 12.2 Å². The molecular weight excluding hydrogens is 146 g/mol. The number of ether oxygens (including phenoxy) is 2. The van der Waals surface area contributed by atoms with E-state index < -0.39 is 6.41 Å². The molecule has 0 unspecified atom stereocenters. The molecule has 0 radical (unpaired) electrons. The Morgan fingerprint density at radius 1 is 1.45 bits per heavy atom. The van der Waals surface area contributed by atoms with Gasteiger partial charge >= 0.3 is 0 Å². The van der Waals surface area contributed by atoms with Gasteiger partial charge in [0.05, 0.1) is 0 Å². The van der Waals surface area contributed by atoms with Crippen LogP contribution in [0, 0.1) is 0 Å². The molecule has 0 spiro atoms. The molecule has 0 aromatic rings. The predicted molar refractivity (Wildman–Crippen MR) is 40.8 cm³/mol. The highest BCUT2D eigenvalue weighted by Crippen LogP contribution is 1.90. The van der Waals surface area contributed by atoms with Crippen LogP contribution in [0.4, 0.5) is 0 Å². The maximum atomic E-state index is 10.9. The summed E-state index contributed by atoms with van der Waals surface area (Å²) in [6.45, 7) is 5.06. The van der Waals surface area contributed by atoms with Crippen LogP contribution in [0.3, 0.4) is 0 Å². The van der Waals surface area contributed by atoms with Gasteiger partial charge in [0.15, 0.2) is 0 Å². The second-order valence-corrected chi connectivity index (χ2v) is 2.06. The molecule has 0 heterocycles. The zero-order valence-corrected chi connectivity index (χ0v) is 7.01. The molecule has 0 saturated heterocycles. The highest BCUT2D eigenvalue weighted by atomic mass is 16.7. The molecule has 4 nitrogen and oxygen atoms in total. The third kappa shape index (κ3) is 3.75. The van der Waals surface area contributed by atoms with E-state index in [1.54, 1.807) is 6.92 Å². The quantitative estimate of drug-likeness (QED) is 0.472. The summed E-state index contributed by atoms with van der Waals surface area (Å²) in [6, 6.07) is 0. The number of nitrogens with one attached hydrogen (secondary N) is 1. The van der Waals surface area contributed by atoms with Gasteiger partial charge in [0.25, 0.3) is 0 Å². The van der Waals surface area contributed by atoms with Gasteiger partial charge in [-0.1, -0.05) is 6.58 Å². The minimum atomic E-state index is -0.695. The molecule has 4 heteroatoms. The van der Waals surface area contributed by atoms with Crippen molar-refractivity contribution in [1.82, 2.24) is 5.32 Å². The number of carbonyl (C=O) groups excluding carboxylic acids is 1. The van der Waals surface area contributed by atoms with E-state index in [9.17, 15) is 4.79 Å². The second kappa shape index (κ2) is 4.87. The first kappa shape index (κ1) is 10.1. The average molecular weight is 159 g/mol. The van der Waals surface area contributed by atoms with E-state index >= 15 is 0 Å². The Morgan fingerprint density at radius 3 is 2.18 bits per heavy atom. The molecule has 11 heavy (non-hydrogen) atoms. The molecule has 0 rings (SSSR count). The van der Waals surface area contributed by atoms with Gasteiger partial charge in [-0.05, 0) is 6.92 Å². The standard InChI is InChI=1S/C7H13NO3/c1-5(2)6(9)8-7(10-3)11-4/h7H,1H2,2-4H3,(H,8,9). The topological polar surface area (TPSA) is 47.6 Å². The number of carbonyl (C=O) groups is 1. The summed E-state index contributed by atoms with van der Waals surface area (Å²) in [5.74, 6) is -0.279. The van der Waals surface area contributed by atoms with E-state index in [2.05, 4.69) is 11.9 Å². The molecule has 1 amide bonds. The Hall–Kier alpha value is -0.870. The summed E-state index contributed by atoms with van der Waals surface area (Å²) in [7, 11) is 2.87. The third-order valence-electron chi connectivity index (χ3n) is 1.06. The lowest BCUT2D eigenvalue weighted by atomic mass is 10.3. The Kier molecular flexibility index (Phi) is 4.49. The smallest absolute Gasteiger partial charge is 0.250 e. The van der Waals surface area contributed by atoms with E-state index in [0.717, 1.165) is 0 Å². The fourth-order valence-electron chi connectivity index (χ4n) is 0.444. The van der Waals surface area contributed by atoms with E-state index in [-0.39, 0.29) is 5.91 Å². The highest BCUT2D eigenvalue weighted by molar-refractivity contribution is 5.92. The Balaban J connectivity index is 3.81.